The van der Waals surface area contributed by atoms with E-state index in [9.17, 15) is 18.4 Å². The maximum absolute atomic E-state index is 14.2. The van der Waals surface area contributed by atoms with E-state index in [2.05, 4.69) is 10.2 Å². The van der Waals surface area contributed by atoms with Crippen molar-refractivity contribution in [2.75, 3.05) is 6.54 Å². The van der Waals surface area contributed by atoms with E-state index in [0.717, 1.165) is 30.2 Å². The van der Waals surface area contributed by atoms with Crippen LogP contribution in [0, 0.1) is 17.6 Å². The summed E-state index contributed by atoms with van der Waals surface area (Å²) in [5.41, 5.74) is 1.35. The maximum atomic E-state index is 14.2. The van der Waals surface area contributed by atoms with E-state index in [1.165, 1.54) is 11.8 Å². The van der Waals surface area contributed by atoms with Gasteiger partial charge in [0.05, 0.1) is 17.8 Å². The third kappa shape index (κ3) is 6.14. The molecule has 156 valence electrons. The first-order valence-electron chi connectivity index (χ1n) is 9.83. The van der Waals surface area contributed by atoms with Gasteiger partial charge in [0.25, 0.3) is 5.91 Å². The highest BCUT2D eigenvalue weighted by Gasteiger charge is 2.22. The summed E-state index contributed by atoms with van der Waals surface area (Å²) in [6.45, 7) is 7.95. The average Bonchev–Trinajstić information content (AvgIpc) is 2.67. The van der Waals surface area contributed by atoms with Gasteiger partial charge >= 0.3 is 0 Å². The van der Waals surface area contributed by atoms with Gasteiger partial charge in [0.15, 0.2) is 5.78 Å². The topological polar surface area (TPSA) is 63.2 Å². The van der Waals surface area contributed by atoms with E-state index < -0.39 is 17.5 Å². The van der Waals surface area contributed by atoms with Crippen LogP contribution in [0.5, 0.6) is 0 Å². The lowest BCUT2D eigenvalue weighted by Gasteiger charge is -2.24. The molecule has 1 heterocycles. The quantitative estimate of drug-likeness (QED) is 0.574. The zero-order valence-electron chi connectivity index (χ0n) is 17.3. The fraction of sp³-hybridized carbons (Fsp3) is 0.455. The van der Waals surface area contributed by atoms with Gasteiger partial charge in [0.1, 0.15) is 17.3 Å². The number of Topliss-reactive ketones (excluding diaryl/α,β-unsaturated/α-hetero) is 1. The summed E-state index contributed by atoms with van der Waals surface area (Å²) in [4.78, 5) is 26.1. The van der Waals surface area contributed by atoms with E-state index in [1.54, 1.807) is 6.07 Å². The number of hydrogen-bond donors (Lipinski definition) is 0. The highest BCUT2D eigenvalue weighted by molar-refractivity contribution is 5.94. The van der Waals surface area contributed by atoms with Crippen molar-refractivity contribution >= 4 is 11.7 Å². The van der Waals surface area contributed by atoms with Gasteiger partial charge in [-0.05, 0) is 48.6 Å². The normalized spacial score (nSPS) is 11.0. The number of aryl methyl sites for hydroxylation is 1. The predicted octanol–water partition coefficient (Wildman–Crippen LogP) is 4.60. The zero-order chi connectivity index (χ0) is 21.6. The Morgan fingerprint density at radius 1 is 1.14 bits per heavy atom. The summed E-state index contributed by atoms with van der Waals surface area (Å²) in [7, 11) is 0. The van der Waals surface area contributed by atoms with Crippen molar-refractivity contribution in [3.8, 4) is 0 Å². The molecule has 2 aromatic rings. The van der Waals surface area contributed by atoms with Gasteiger partial charge in [0.2, 0.25) is 0 Å². The molecule has 1 amide bonds. The molecule has 0 saturated heterocycles. The fourth-order valence-corrected chi connectivity index (χ4v) is 2.93. The highest BCUT2D eigenvalue weighted by Crippen LogP contribution is 2.18. The molecule has 1 aromatic heterocycles. The summed E-state index contributed by atoms with van der Waals surface area (Å²) in [5, 5.41) is 8.13. The molecule has 0 fully saturated rings. The summed E-state index contributed by atoms with van der Waals surface area (Å²) in [6, 6.07) is 4.54. The number of rotatable bonds is 9. The number of benzene rings is 1. The molecular weight excluding hydrogens is 376 g/mol. The second-order valence-electron chi connectivity index (χ2n) is 7.54. The second-order valence-corrected chi connectivity index (χ2v) is 7.54. The van der Waals surface area contributed by atoms with Crippen LogP contribution in [0.4, 0.5) is 8.78 Å². The Bertz CT molecular complexity index is 884. The molecule has 0 atom stereocenters. The summed E-state index contributed by atoms with van der Waals surface area (Å²) in [6.07, 6.45) is 2.20. The number of aromatic nitrogens is 2. The van der Waals surface area contributed by atoms with E-state index in [0.29, 0.717) is 31.0 Å². The van der Waals surface area contributed by atoms with Crippen LogP contribution in [0.2, 0.25) is 0 Å². The molecule has 29 heavy (non-hydrogen) atoms. The molecule has 0 spiro atoms. The molecule has 5 nitrogen and oxygen atoms in total. The monoisotopic (exact) mass is 403 g/mol. The van der Waals surface area contributed by atoms with Crippen LogP contribution in [0.25, 0.3) is 0 Å². The maximum Gasteiger partial charge on any atom is 0.257 e. The van der Waals surface area contributed by atoms with Gasteiger partial charge in [-0.1, -0.05) is 27.2 Å². The lowest BCUT2D eigenvalue weighted by molar-refractivity contribution is 0.0726. The molecule has 0 N–H and O–H groups in total. The van der Waals surface area contributed by atoms with Crippen LogP contribution in [-0.4, -0.2) is 33.3 Å². The Morgan fingerprint density at radius 3 is 2.48 bits per heavy atom. The van der Waals surface area contributed by atoms with Crippen molar-refractivity contribution in [1.82, 2.24) is 15.1 Å². The van der Waals surface area contributed by atoms with Crippen LogP contribution in [0.3, 0.4) is 0 Å². The Balaban J connectivity index is 2.39. The minimum Gasteiger partial charge on any atom is -0.333 e. The molecule has 0 aliphatic heterocycles. The molecular formula is C22H27F2N3O2. The van der Waals surface area contributed by atoms with E-state index in [-0.39, 0.29) is 23.6 Å². The van der Waals surface area contributed by atoms with Crippen LogP contribution < -0.4 is 0 Å². The van der Waals surface area contributed by atoms with Gasteiger partial charge in [-0.2, -0.15) is 5.10 Å². The fourth-order valence-electron chi connectivity index (χ4n) is 2.93. The molecule has 1 aromatic carbocycles. The SMILES string of the molecule is CCCc1cc(C(C)=O)nnc1CN(CCC(C)C)C(=O)c1cc(F)ccc1F. The standard InChI is InChI=1S/C22H27F2N3O2/c1-5-6-16-11-20(15(4)28)25-26-21(16)13-27(10-9-14(2)3)22(29)18-12-17(23)7-8-19(18)24/h7-8,11-12,14H,5-6,9-10,13H2,1-4H3. The molecule has 7 heteroatoms. The lowest BCUT2D eigenvalue weighted by Crippen LogP contribution is -2.33. The minimum atomic E-state index is -0.766. The molecule has 2 rings (SSSR count). The van der Waals surface area contributed by atoms with Crippen molar-refractivity contribution < 1.29 is 18.4 Å². The number of carbonyl (C=O) groups is 2. The Hall–Kier alpha value is -2.70. The first-order chi connectivity index (χ1) is 13.7. The van der Waals surface area contributed by atoms with Gasteiger partial charge in [-0.15, -0.1) is 5.10 Å². The number of ketones is 1. The third-order valence-corrected chi connectivity index (χ3v) is 4.60. The van der Waals surface area contributed by atoms with Gasteiger partial charge in [-0.3, -0.25) is 9.59 Å². The number of hydrogen-bond acceptors (Lipinski definition) is 4. The Morgan fingerprint density at radius 2 is 1.86 bits per heavy atom. The molecule has 0 aliphatic rings. The van der Waals surface area contributed by atoms with Gasteiger partial charge in [-0.25, -0.2) is 8.78 Å². The van der Waals surface area contributed by atoms with E-state index >= 15 is 0 Å². The number of nitrogens with zero attached hydrogens (tertiary/aromatic N) is 3. The highest BCUT2D eigenvalue weighted by atomic mass is 19.1. The molecule has 0 saturated carbocycles. The lowest BCUT2D eigenvalue weighted by atomic mass is 10.1. The first-order valence-corrected chi connectivity index (χ1v) is 9.83. The van der Waals surface area contributed by atoms with Crippen LogP contribution in [0.15, 0.2) is 24.3 Å². The number of amides is 1. The van der Waals surface area contributed by atoms with Crippen LogP contribution in [-0.2, 0) is 13.0 Å². The summed E-state index contributed by atoms with van der Waals surface area (Å²) < 4.78 is 27.8. The summed E-state index contributed by atoms with van der Waals surface area (Å²) in [5.74, 6) is -1.89. The minimum absolute atomic E-state index is 0.113. The average molecular weight is 403 g/mol. The predicted molar refractivity (Wildman–Crippen MR) is 107 cm³/mol. The van der Waals surface area contributed by atoms with Crippen LogP contribution >= 0.6 is 0 Å². The molecule has 0 unspecified atom stereocenters. The van der Waals surface area contributed by atoms with Crippen molar-refractivity contribution in [1.29, 1.82) is 0 Å². The van der Waals surface area contributed by atoms with Gasteiger partial charge < -0.3 is 4.90 Å². The molecule has 0 aliphatic carbocycles. The van der Waals surface area contributed by atoms with Crippen molar-refractivity contribution in [2.45, 2.75) is 53.5 Å². The smallest absolute Gasteiger partial charge is 0.257 e. The Kier molecular flexibility index (Phi) is 7.93. The molecule has 0 radical (unpaired) electrons. The van der Waals surface area contributed by atoms with E-state index in [4.69, 9.17) is 0 Å². The zero-order valence-corrected chi connectivity index (χ0v) is 17.3. The van der Waals surface area contributed by atoms with E-state index in [1.807, 2.05) is 20.8 Å². The van der Waals surface area contributed by atoms with Crippen LogP contribution in [0.1, 0.15) is 72.6 Å². The third-order valence-electron chi connectivity index (χ3n) is 4.60. The van der Waals surface area contributed by atoms with Gasteiger partial charge in [0, 0.05) is 13.5 Å². The van der Waals surface area contributed by atoms with Crippen molar-refractivity contribution in [3.63, 3.8) is 0 Å². The second kappa shape index (κ2) is 10.2. The van der Waals surface area contributed by atoms with Crippen molar-refractivity contribution in [2.24, 2.45) is 5.92 Å². The summed E-state index contributed by atoms with van der Waals surface area (Å²) >= 11 is 0. The first kappa shape index (κ1) is 22.6. The Labute approximate surface area is 170 Å². The number of carbonyl (C=O) groups excluding carboxylic acids is 2. The number of halogens is 2. The molecule has 0 bridgehead atoms. The largest absolute Gasteiger partial charge is 0.333 e. The van der Waals surface area contributed by atoms with Crippen molar-refractivity contribution in [3.05, 3.63) is 58.4 Å².